The molecule has 0 aliphatic carbocycles. The van der Waals surface area contributed by atoms with Gasteiger partial charge in [0.25, 0.3) is 0 Å². The monoisotopic (exact) mass is 434 g/mol. The number of ether oxygens (including phenoxy) is 1. The summed E-state index contributed by atoms with van der Waals surface area (Å²) in [6.07, 6.45) is 7.18. The summed E-state index contributed by atoms with van der Waals surface area (Å²) >= 11 is 2.37. The van der Waals surface area contributed by atoms with Crippen LogP contribution in [0, 0.1) is 3.57 Å². The predicted octanol–water partition coefficient (Wildman–Crippen LogP) is 4.25. The van der Waals surface area contributed by atoms with Crippen LogP contribution in [0.4, 0.5) is 0 Å². The number of nitrogens with zero attached hydrogens (tertiary/aromatic N) is 1. The third-order valence-corrected chi connectivity index (χ3v) is 5.03. The highest BCUT2D eigenvalue weighted by Gasteiger charge is 2.13. The number of hydrogen-bond donors (Lipinski definition) is 1. The first-order valence-corrected chi connectivity index (χ1v) is 9.90. The fraction of sp³-hybridized carbons (Fsp3) is 0.684. The summed E-state index contributed by atoms with van der Waals surface area (Å²) in [5, 5.41) is 9.07. The molecule has 0 radical (unpaired) electrons. The van der Waals surface area contributed by atoms with Crippen molar-refractivity contribution in [3.05, 3.63) is 27.3 Å². The minimum atomic E-state index is 0.259. The van der Waals surface area contributed by atoms with E-state index in [0.717, 1.165) is 49.2 Å². The number of aliphatic hydroxyl groups is 1. The summed E-state index contributed by atoms with van der Waals surface area (Å²) in [6.45, 7) is 5.22. The van der Waals surface area contributed by atoms with Gasteiger partial charge in [-0.15, -0.1) is 0 Å². The highest BCUT2D eigenvalue weighted by molar-refractivity contribution is 14.1. The molecule has 1 rings (SSSR count). The van der Waals surface area contributed by atoms with Crippen molar-refractivity contribution in [2.75, 3.05) is 40.4 Å². The van der Waals surface area contributed by atoms with Crippen molar-refractivity contribution in [1.82, 2.24) is 0 Å². The average molecular weight is 434 g/mol. The number of hydrogen-bond acceptors (Lipinski definition) is 2. The number of unbranched alkanes of at least 4 members (excludes halogenated alkanes) is 3. The van der Waals surface area contributed by atoms with Crippen LogP contribution in [-0.4, -0.2) is 50.0 Å². The van der Waals surface area contributed by atoms with E-state index in [4.69, 9.17) is 9.84 Å². The lowest BCUT2D eigenvalue weighted by atomic mass is 10.1. The van der Waals surface area contributed by atoms with Gasteiger partial charge in [-0.2, -0.15) is 0 Å². The van der Waals surface area contributed by atoms with E-state index in [2.05, 4.69) is 61.8 Å². The molecule has 0 saturated heterocycles. The third-order valence-electron chi connectivity index (χ3n) is 4.19. The van der Waals surface area contributed by atoms with Crippen molar-refractivity contribution in [3.63, 3.8) is 0 Å². The van der Waals surface area contributed by atoms with Crippen molar-refractivity contribution < 1.29 is 14.3 Å². The van der Waals surface area contributed by atoms with Crippen LogP contribution in [0.3, 0.4) is 0 Å². The highest BCUT2D eigenvalue weighted by atomic mass is 127. The van der Waals surface area contributed by atoms with Crippen LogP contribution < -0.4 is 4.74 Å². The summed E-state index contributed by atoms with van der Waals surface area (Å²) in [6, 6.07) is 6.55. The van der Waals surface area contributed by atoms with Crippen LogP contribution in [0.25, 0.3) is 0 Å². The van der Waals surface area contributed by atoms with E-state index in [0.29, 0.717) is 0 Å². The number of quaternary nitrogens is 1. The molecule has 0 atom stereocenters. The lowest BCUT2D eigenvalue weighted by molar-refractivity contribution is -0.890. The summed E-state index contributed by atoms with van der Waals surface area (Å²) in [7, 11) is 4.35. The molecule has 0 amide bonds. The van der Waals surface area contributed by atoms with E-state index in [1.54, 1.807) is 0 Å². The van der Waals surface area contributed by atoms with E-state index < -0.39 is 0 Å². The molecule has 1 N–H and O–H groups in total. The van der Waals surface area contributed by atoms with Crippen molar-refractivity contribution >= 4 is 22.6 Å². The molecule has 0 aliphatic heterocycles. The van der Waals surface area contributed by atoms with Gasteiger partial charge in [0.2, 0.25) is 0 Å². The Hall–Kier alpha value is -0.330. The lowest BCUT2D eigenvalue weighted by Crippen LogP contribution is -2.42. The van der Waals surface area contributed by atoms with Crippen LogP contribution in [0.1, 0.15) is 44.6 Å². The molecule has 3 nitrogen and oxygen atoms in total. The fourth-order valence-corrected chi connectivity index (χ4v) is 3.36. The molecule has 23 heavy (non-hydrogen) atoms. The van der Waals surface area contributed by atoms with Gasteiger partial charge in [-0.3, -0.25) is 0 Å². The molecule has 0 fully saturated rings. The quantitative estimate of drug-likeness (QED) is 0.303. The summed E-state index contributed by atoms with van der Waals surface area (Å²) < 4.78 is 7.98. The minimum Gasteiger partial charge on any atom is -0.492 e. The van der Waals surface area contributed by atoms with Crippen molar-refractivity contribution in [3.8, 4) is 5.75 Å². The Morgan fingerprint density at radius 1 is 1.09 bits per heavy atom. The molecule has 0 spiro atoms. The zero-order chi connectivity index (χ0) is 17.1. The first-order valence-electron chi connectivity index (χ1n) is 8.82. The van der Waals surface area contributed by atoms with Gasteiger partial charge in [-0.1, -0.05) is 32.3 Å². The Bertz CT molecular complexity index is 449. The molecule has 0 unspecified atom stereocenters. The van der Waals surface area contributed by atoms with E-state index in [1.165, 1.54) is 28.4 Å². The number of halogens is 1. The second-order valence-corrected chi connectivity index (χ2v) is 8.05. The molecule has 0 bridgehead atoms. The maximum atomic E-state index is 9.07. The first kappa shape index (κ1) is 20.7. The molecule has 0 aromatic heterocycles. The Labute approximate surface area is 155 Å². The zero-order valence-electron chi connectivity index (χ0n) is 15.0. The van der Waals surface area contributed by atoms with Crippen LogP contribution in [0.2, 0.25) is 0 Å². The maximum Gasteiger partial charge on any atom is 0.132 e. The number of likely N-dealkylation sites (N-methyl/N-ethyl adjacent to an activating group) is 1. The smallest absolute Gasteiger partial charge is 0.132 e. The van der Waals surface area contributed by atoms with E-state index in [9.17, 15) is 0 Å². The van der Waals surface area contributed by atoms with Crippen LogP contribution >= 0.6 is 22.6 Å². The fourth-order valence-electron chi connectivity index (χ4n) is 2.62. The minimum absolute atomic E-state index is 0.259. The Morgan fingerprint density at radius 2 is 1.87 bits per heavy atom. The van der Waals surface area contributed by atoms with Crippen molar-refractivity contribution in [1.29, 1.82) is 0 Å². The van der Waals surface area contributed by atoms with Crippen LogP contribution in [0.15, 0.2) is 18.2 Å². The highest BCUT2D eigenvalue weighted by Crippen LogP contribution is 2.23. The van der Waals surface area contributed by atoms with Gasteiger partial charge in [0.1, 0.15) is 12.3 Å². The van der Waals surface area contributed by atoms with E-state index in [-0.39, 0.29) is 6.61 Å². The largest absolute Gasteiger partial charge is 0.492 e. The first-order chi connectivity index (χ1) is 11.0. The predicted molar refractivity (Wildman–Crippen MR) is 106 cm³/mol. The Morgan fingerprint density at radius 3 is 2.52 bits per heavy atom. The molecular weight excluding hydrogens is 401 g/mol. The van der Waals surface area contributed by atoms with Gasteiger partial charge in [-0.05, 0) is 53.1 Å². The summed E-state index contributed by atoms with van der Waals surface area (Å²) in [5.74, 6) is 1.02. The molecule has 4 heteroatoms. The number of benzene rings is 1. The lowest BCUT2D eigenvalue weighted by Gasteiger charge is -2.28. The van der Waals surface area contributed by atoms with Gasteiger partial charge in [0, 0.05) is 6.42 Å². The Kier molecular flexibility index (Phi) is 10.1. The molecule has 132 valence electrons. The second kappa shape index (κ2) is 11.3. The van der Waals surface area contributed by atoms with Gasteiger partial charge in [-0.25, -0.2) is 0 Å². The number of aryl methyl sites for hydroxylation is 1. The molecular formula is C19H33INO2+. The normalized spacial score (nSPS) is 11.7. The number of rotatable bonds is 12. The SMILES string of the molecule is CCCCCCOc1ccc(CCC[N+](C)(C)CCO)cc1I. The molecule has 0 aliphatic rings. The maximum absolute atomic E-state index is 9.07. The molecule has 0 heterocycles. The van der Waals surface area contributed by atoms with Crippen LogP contribution in [-0.2, 0) is 6.42 Å². The van der Waals surface area contributed by atoms with Crippen LogP contribution in [0.5, 0.6) is 5.75 Å². The number of aliphatic hydroxyl groups excluding tert-OH is 1. The molecule has 1 aromatic carbocycles. The Balaban J connectivity index is 2.37. The van der Waals surface area contributed by atoms with Gasteiger partial charge in [0.05, 0.1) is 37.4 Å². The van der Waals surface area contributed by atoms with Crippen molar-refractivity contribution in [2.24, 2.45) is 0 Å². The molecule has 1 aromatic rings. The van der Waals surface area contributed by atoms with Crippen molar-refractivity contribution in [2.45, 2.75) is 45.4 Å². The van der Waals surface area contributed by atoms with Gasteiger partial charge < -0.3 is 14.3 Å². The van der Waals surface area contributed by atoms with E-state index >= 15 is 0 Å². The van der Waals surface area contributed by atoms with Gasteiger partial charge in [0.15, 0.2) is 0 Å². The van der Waals surface area contributed by atoms with E-state index in [1.807, 2.05) is 0 Å². The summed E-state index contributed by atoms with van der Waals surface area (Å²) in [4.78, 5) is 0. The zero-order valence-corrected chi connectivity index (χ0v) is 17.1. The standard InChI is InChI=1S/C19H33INO2/c1-4-5-6-7-15-23-19-11-10-17(16-18(19)20)9-8-12-21(2,3)13-14-22/h10-11,16,22H,4-9,12-15H2,1-3H3/q+1. The third kappa shape index (κ3) is 8.91. The average Bonchev–Trinajstić information content (AvgIpc) is 2.48. The molecule has 0 saturated carbocycles. The van der Waals surface area contributed by atoms with Gasteiger partial charge >= 0.3 is 0 Å². The topological polar surface area (TPSA) is 29.5 Å². The summed E-state index contributed by atoms with van der Waals surface area (Å²) in [5.41, 5.74) is 1.37. The second-order valence-electron chi connectivity index (χ2n) is 6.88.